The average Bonchev–Trinajstić information content (AvgIpc) is 2.97. The molecule has 1 amide bonds. The summed E-state index contributed by atoms with van der Waals surface area (Å²) in [6.45, 7) is 5.56. The van der Waals surface area contributed by atoms with Crippen LogP contribution in [-0.2, 0) is 9.53 Å². The maximum atomic E-state index is 11.8. The number of oxazole rings is 1. The van der Waals surface area contributed by atoms with Gasteiger partial charge in [0.1, 0.15) is 12.0 Å². The maximum Gasteiger partial charge on any atom is 0.360 e. The van der Waals surface area contributed by atoms with Gasteiger partial charge in [-0.25, -0.2) is 4.79 Å². The fourth-order valence-corrected chi connectivity index (χ4v) is 1.79. The molecule has 0 bridgehead atoms. The highest BCUT2D eigenvalue weighted by atomic mass is 16.5. The Morgan fingerprint density at radius 1 is 1.30 bits per heavy atom. The summed E-state index contributed by atoms with van der Waals surface area (Å²) in [6, 6.07) is 5.66. The zero-order chi connectivity index (χ0) is 16.8. The molecule has 0 aliphatic carbocycles. The van der Waals surface area contributed by atoms with Crippen molar-refractivity contribution in [1.82, 2.24) is 4.98 Å². The lowest BCUT2D eigenvalue weighted by molar-refractivity contribution is -0.118. The number of anilines is 1. The molecule has 23 heavy (non-hydrogen) atoms. The minimum absolute atomic E-state index is 0.00223. The van der Waals surface area contributed by atoms with Crippen molar-refractivity contribution in [3.8, 4) is 5.75 Å². The molecule has 0 atom stereocenters. The van der Waals surface area contributed by atoms with Crippen molar-refractivity contribution >= 4 is 17.9 Å². The first-order valence-corrected chi connectivity index (χ1v) is 7.12. The van der Waals surface area contributed by atoms with E-state index in [0.717, 1.165) is 17.4 Å². The Morgan fingerprint density at radius 2 is 2.09 bits per heavy atom. The average molecular weight is 318 g/mol. The molecule has 1 aromatic heterocycles. The van der Waals surface area contributed by atoms with Crippen LogP contribution in [0.5, 0.6) is 5.75 Å². The van der Waals surface area contributed by atoms with Crippen molar-refractivity contribution in [3.05, 3.63) is 41.3 Å². The molecular formula is C16H18N2O5. The molecular weight excluding hydrogens is 300 g/mol. The number of aromatic nitrogens is 1. The van der Waals surface area contributed by atoms with E-state index in [1.54, 1.807) is 6.92 Å². The predicted octanol–water partition coefficient (Wildman–Crippen LogP) is 2.49. The third kappa shape index (κ3) is 4.57. The van der Waals surface area contributed by atoms with Crippen molar-refractivity contribution in [3.63, 3.8) is 0 Å². The lowest BCUT2D eigenvalue weighted by Gasteiger charge is -2.09. The minimum atomic E-state index is -0.608. The summed E-state index contributed by atoms with van der Waals surface area (Å²) in [4.78, 5) is 27.1. The summed E-state index contributed by atoms with van der Waals surface area (Å²) in [7, 11) is 0. The highest BCUT2D eigenvalue weighted by Crippen LogP contribution is 2.19. The monoisotopic (exact) mass is 318 g/mol. The molecule has 7 heteroatoms. The first-order valence-electron chi connectivity index (χ1n) is 7.12. The summed E-state index contributed by atoms with van der Waals surface area (Å²) in [5.74, 6) is -0.411. The Balaban J connectivity index is 1.90. The number of nitrogens with zero attached hydrogens (tertiary/aromatic N) is 1. The summed E-state index contributed by atoms with van der Waals surface area (Å²) in [6.07, 6.45) is 1.12. The van der Waals surface area contributed by atoms with E-state index >= 15 is 0 Å². The number of ether oxygens (including phenoxy) is 2. The van der Waals surface area contributed by atoms with Gasteiger partial charge < -0.3 is 13.9 Å². The highest BCUT2D eigenvalue weighted by Gasteiger charge is 2.15. The van der Waals surface area contributed by atoms with E-state index in [4.69, 9.17) is 13.9 Å². The largest absolute Gasteiger partial charge is 0.483 e. The molecule has 2 aromatic rings. The Hall–Kier alpha value is -2.83. The van der Waals surface area contributed by atoms with Gasteiger partial charge in [0, 0.05) is 0 Å². The number of hydrogen-bond donors (Lipinski definition) is 1. The molecule has 122 valence electrons. The summed E-state index contributed by atoms with van der Waals surface area (Å²) >= 11 is 0. The molecule has 2 rings (SSSR count). The zero-order valence-electron chi connectivity index (χ0n) is 13.2. The van der Waals surface area contributed by atoms with Gasteiger partial charge in [-0.15, -0.1) is 0 Å². The Morgan fingerprint density at radius 3 is 2.83 bits per heavy atom. The number of rotatable bonds is 6. The minimum Gasteiger partial charge on any atom is -0.483 e. The second-order valence-electron chi connectivity index (χ2n) is 4.86. The molecule has 0 unspecified atom stereocenters. The van der Waals surface area contributed by atoms with Crippen LogP contribution in [0.2, 0.25) is 0 Å². The van der Waals surface area contributed by atoms with Crippen LogP contribution in [0, 0.1) is 13.8 Å². The van der Waals surface area contributed by atoms with Crippen LogP contribution in [0.4, 0.5) is 6.01 Å². The normalized spacial score (nSPS) is 10.2. The van der Waals surface area contributed by atoms with Gasteiger partial charge in [-0.05, 0) is 38.0 Å². The number of benzene rings is 1. The SMILES string of the molecule is CCOC(=O)c1coc(NC(=O)COc2cc(C)ccc2C)n1. The lowest BCUT2D eigenvalue weighted by Crippen LogP contribution is -2.20. The van der Waals surface area contributed by atoms with Crippen LogP contribution in [-0.4, -0.2) is 30.1 Å². The number of carbonyl (C=O) groups is 2. The lowest BCUT2D eigenvalue weighted by atomic mass is 10.1. The highest BCUT2D eigenvalue weighted by molar-refractivity contribution is 5.91. The third-order valence-corrected chi connectivity index (χ3v) is 2.94. The van der Waals surface area contributed by atoms with Gasteiger partial charge in [0.15, 0.2) is 12.3 Å². The van der Waals surface area contributed by atoms with Crippen LogP contribution in [0.1, 0.15) is 28.5 Å². The second-order valence-corrected chi connectivity index (χ2v) is 4.86. The summed E-state index contributed by atoms with van der Waals surface area (Å²) < 4.78 is 15.2. The fraction of sp³-hybridized carbons (Fsp3) is 0.312. The second kappa shape index (κ2) is 7.44. The molecule has 0 fully saturated rings. The zero-order valence-corrected chi connectivity index (χ0v) is 13.2. The van der Waals surface area contributed by atoms with Crippen molar-refractivity contribution < 1.29 is 23.5 Å². The number of aryl methyl sites for hydroxylation is 2. The van der Waals surface area contributed by atoms with E-state index in [0.29, 0.717) is 5.75 Å². The maximum absolute atomic E-state index is 11.8. The molecule has 7 nitrogen and oxygen atoms in total. The molecule has 0 spiro atoms. The first-order chi connectivity index (χ1) is 11.0. The van der Waals surface area contributed by atoms with Crippen LogP contribution in [0.15, 0.2) is 28.9 Å². The van der Waals surface area contributed by atoms with Crippen LogP contribution in [0.3, 0.4) is 0 Å². The van der Waals surface area contributed by atoms with Crippen LogP contribution >= 0.6 is 0 Å². The van der Waals surface area contributed by atoms with E-state index in [1.807, 2.05) is 32.0 Å². The third-order valence-electron chi connectivity index (χ3n) is 2.94. The van der Waals surface area contributed by atoms with Crippen LogP contribution in [0.25, 0.3) is 0 Å². The predicted molar refractivity (Wildman–Crippen MR) is 82.5 cm³/mol. The molecule has 1 aromatic carbocycles. The fourth-order valence-electron chi connectivity index (χ4n) is 1.79. The van der Waals surface area contributed by atoms with Crippen molar-refractivity contribution in [2.75, 3.05) is 18.5 Å². The Labute approximate surface area is 133 Å². The van der Waals surface area contributed by atoms with Crippen molar-refractivity contribution in [2.24, 2.45) is 0 Å². The molecule has 0 aliphatic heterocycles. The van der Waals surface area contributed by atoms with E-state index < -0.39 is 11.9 Å². The Kier molecular flexibility index (Phi) is 5.35. The molecule has 0 radical (unpaired) electrons. The quantitative estimate of drug-likeness (QED) is 0.823. The van der Waals surface area contributed by atoms with E-state index in [2.05, 4.69) is 10.3 Å². The smallest absolute Gasteiger partial charge is 0.360 e. The molecule has 1 N–H and O–H groups in total. The van der Waals surface area contributed by atoms with E-state index in [-0.39, 0.29) is 24.9 Å². The number of carbonyl (C=O) groups excluding carboxylic acids is 2. The van der Waals surface area contributed by atoms with Gasteiger partial charge in [0.25, 0.3) is 5.91 Å². The van der Waals surface area contributed by atoms with E-state index in [1.165, 1.54) is 0 Å². The van der Waals surface area contributed by atoms with Gasteiger partial charge >= 0.3 is 12.0 Å². The molecule has 1 heterocycles. The van der Waals surface area contributed by atoms with Gasteiger partial charge in [0.05, 0.1) is 6.61 Å². The van der Waals surface area contributed by atoms with Gasteiger partial charge in [-0.3, -0.25) is 10.1 Å². The Bertz CT molecular complexity index is 708. The number of nitrogens with one attached hydrogen (secondary N) is 1. The van der Waals surface area contributed by atoms with Gasteiger partial charge in [0.2, 0.25) is 0 Å². The first kappa shape index (κ1) is 16.5. The topological polar surface area (TPSA) is 90.7 Å². The van der Waals surface area contributed by atoms with Crippen LogP contribution < -0.4 is 10.1 Å². The summed E-state index contributed by atoms with van der Waals surface area (Å²) in [5, 5.41) is 2.41. The number of amides is 1. The standard InChI is InChI=1S/C16H18N2O5/c1-4-21-15(20)12-8-23-16(17-12)18-14(19)9-22-13-7-10(2)5-6-11(13)3/h5-8H,4,9H2,1-3H3,(H,17,18,19). The molecule has 0 saturated carbocycles. The van der Waals surface area contributed by atoms with Crippen molar-refractivity contribution in [1.29, 1.82) is 0 Å². The molecule has 0 saturated heterocycles. The summed E-state index contributed by atoms with van der Waals surface area (Å²) in [5.41, 5.74) is 1.97. The van der Waals surface area contributed by atoms with E-state index in [9.17, 15) is 9.59 Å². The van der Waals surface area contributed by atoms with Gasteiger partial charge in [-0.1, -0.05) is 12.1 Å². The number of esters is 1. The van der Waals surface area contributed by atoms with Crippen molar-refractivity contribution in [2.45, 2.75) is 20.8 Å². The van der Waals surface area contributed by atoms with Gasteiger partial charge in [-0.2, -0.15) is 4.98 Å². The number of hydrogen-bond acceptors (Lipinski definition) is 6. The molecule has 0 aliphatic rings.